The number of hydrogen-bond acceptors (Lipinski definition) is 6. The number of hydrogen-bond donors (Lipinski definition) is 0. The predicted molar refractivity (Wildman–Crippen MR) is 82.2 cm³/mol. The minimum atomic E-state index is -0.283. The summed E-state index contributed by atoms with van der Waals surface area (Å²) in [6.07, 6.45) is 3.29. The number of carbonyl (C=O) groups is 1. The monoisotopic (exact) mass is 321 g/mol. The molecule has 2 saturated heterocycles. The van der Waals surface area contributed by atoms with Crippen LogP contribution in [0.15, 0.2) is 12.3 Å². The fraction of sp³-hybridized carbons (Fsp3) is 0.688. The smallest absolute Gasteiger partial charge is 0.316 e. The second kappa shape index (κ2) is 6.80. The Kier molecular flexibility index (Phi) is 4.77. The van der Waals surface area contributed by atoms with Gasteiger partial charge in [-0.3, -0.25) is 4.79 Å². The van der Waals surface area contributed by atoms with Crippen molar-refractivity contribution < 1.29 is 19.0 Å². The molecule has 3 heterocycles. The molecule has 1 aromatic rings. The Balaban J connectivity index is 1.52. The third-order valence-electron chi connectivity index (χ3n) is 4.23. The van der Waals surface area contributed by atoms with Crippen LogP contribution in [0.3, 0.4) is 0 Å². The van der Waals surface area contributed by atoms with E-state index in [0.29, 0.717) is 32.3 Å². The maximum absolute atomic E-state index is 11.9. The van der Waals surface area contributed by atoms with Crippen LogP contribution in [0.25, 0.3) is 0 Å². The summed E-state index contributed by atoms with van der Waals surface area (Å²) in [4.78, 5) is 22.1. The van der Waals surface area contributed by atoms with Crippen LogP contribution in [-0.4, -0.2) is 65.4 Å². The molecular formula is C16H23N3O4. The van der Waals surface area contributed by atoms with Crippen LogP contribution >= 0.6 is 0 Å². The molecule has 1 unspecified atom stereocenters. The Morgan fingerprint density at radius 1 is 1.52 bits per heavy atom. The topological polar surface area (TPSA) is 73.8 Å². The van der Waals surface area contributed by atoms with Crippen LogP contribution in [-0.2, 0) is 14.3 Å². The molecule has 23 heavy (non-hydrogen) atoms. The van der Waals surface area contributed by atoms with Crippen LogP contribution in [0.5, 0.6) is 6.01 Å². The van der Waals surface area contributed by atoms with Crippen molar-refractivity contribution >= 4 is 5.91 Å². The van der Waals surface area contributed by atoms with E-state index in [1.54, 1.807) is 11.1 Å². The quantitative estimate of drug-likeness (QED) is 0.804. The molecule has 1 spiro atoms. The normalized spacial score (nSPS) is 22.7. The van der Waals surface area contributed by atoms with Gasteiger partial charge in [0.05, 0.1) is 19.7 Å². The van der Waals surface area contributed by atoms with Gasteiger partial charge < -0.3 is 19.1 Å². The molecular weight excluding hydrogens is 298 g/mol. The van der Waals surface area contributed by atoms with Gasteiger partial charge in [0, 0.05) is 31.3 Å². The van der Waals surface area contributed by atoms with E-state index in [9.17, 15) is 4.79 Å². The van der Waals surface area contributed by atoms with E-state index in [-0.39, 0.29) is 24.2 Å². The zero-order valence-electron chi connectivity index (χ0n) is 13.7. The van der Waals surface area contributed by atoms with Crippen molar-refractivity contribution in [2.75, 3.05) is 32.9 Å². The van der Waals surface area contributed by atoms with Crippen molar-refractivity contribution in [2.24, 2.45) is 0 Å². The van der Waals surface area contributed by atoms with Gasteiger partial charge in [0.15, 0.2) is 0 Å². The first-order chi connectivity index (χ1) is 11.1. The number of likely N-dealkylation sites (tertiary alicyclic amines) is 1. The van der Waals surface area contributed by atoms with Crippen LogP contribution in [0, 0.1) is 6.92 Å². The van der Waals surface area contributed by atoms with Crippen molar-refractivity contribution in [3.8, 4) is 6.01 Å². The van der Waals surface area contributed by atoms with E-state index in [1.807, 2.05) is 19.9 Å². The van der Waals surface area contributed by atoms with Gasteiger partial charge in [-0.1, -0.05) is 0 Å². The van der Waals surface area contributed by atoms with Crippen LogP contribution < -0.4 is 4.74 Å². The maximum atomic E-state index is 11.9. The first kappa shape index (κ1) is 16.1. The highest BCUT2D eigenvalue weighted by Gasteiger charge is 2.49. The second-order valence-electron chi connectivity index (χ2n) is 6.13. The fourth-order valence-electron chi connectivity index (χ4n) is 3.04. The lowest BCUT2D eigenvalue weighted by molar-refractivity contribution is -0.195. The molecule has 3 rings (SSSR count). The average molecular weight is 321 g/mol. The summed E-state index contributed by atoms with van der Waals surface area (Å²) >= 11 is 0. The largest absolute Gasteiger partial charge is 0.460 e. The number of carbonyl (C=O) groups excluding carboxylic acids is 1. The second-order valence-corrected chi connectivity index (χ2v) is 6.13. The standard InChI is InChI=1S/C16H23N3O4/c1-3-21-9-14(20)19-10-16(11-19)8-13(5-7-22-16)23-15-17-6-4-12(2)18-15/h4,6,13H,3,5,7-11H2,1-2H3. The van der Waals surface area contributed by atoms with Crippen molar-refractivity contribution in [1.29, 1.82) is 0 Å². The molecule has 1 amide bonds. The molecule has 2 aliphatic rings. The summed E-state index contributed by atoms with van der Waals surface area (Å²) in [6.45, 7) is 6.32. The lowest BCUT2D eigenvalue weighted by Gasteiger charge is -2.52. The summed E-state index contributed by atoms with van der Waals surface area (Å²) < 4.78 is 17.0. The van der Waals surface area contributed by atoms with Crippen LogP contribution in [0.4, 0.5) is 0 Å². The average Bonchev–Trinajstić information content (AvgIpc) is 2.50. The molecule has 7 heteroatoms. The minimum Gasteiger partial charge on any atom is -0.460 e. The molecule has 1 atom stereocenters. The van der Waals surface area contributed by atoms with Crippen molar-refractivity contribution in [3.63, 3.8) is 0 Å². The molecule has 0 aliphatic carbocycles. The lowest BCUT2D eigenvalue weighted by Crippen LogP contribution is -2.68. The van der Waals surface area contributed by atoms with Crippen molar-refractivity contribution in [3.05, 3.63) is 18.0 Å². The third-order valence-corrected chi connectivity index (χ3v) is 4.23. The number of aromatic nitrogens is 2. The zero-order chi connectivity index (χ0) is 16.3. The van der Waals surface area contributed by atoms with E-state index in [4.69, 9.17) is 14.2 Å². The van der Waals surface area contributed by atoms with E-state index in [0.717, 1.165) is 18.5 Å². The summed E-state index contributed by atoms with van der Waals surface area (Å²) in [5.41, 5.74) is 0.599. The van der Waals surface area contributed by atoms with Crippen molar-refractivity contribution in [1.82, 2.24) is 14.9 Å². The van der Waals surface area contributed by atoms with Gasteiger partial charge in [0.25, 0.3) is 0 Å². The first-order valence-corrected chi connectivity index (χ1v) is 8.06. The molecule has 0 bridgehead atoms. The Morgan fingerprint density at radius 3 is 3.09 bits per heavy atom. The summed E-state index contributed by atoms with van der Waals surface area (Å²) in [5.74, 6) is 0.0196. The SMILES string of the molecule is CCOCC(=O)N1CC2(CC(Oc3nccc(C)n3)CCO2)C1. The van der Waals surface area contributed by atoms with E-state index >= 15 is 0 Å². The van der Waals surface area contributed by atoms with Crippen LogP contribution in [0.2, 0.25) is 0 Å². The molecule has 126 valence electrons. The van der Waals surface area contributed by atoms with Gasteiger partial charge in [0.2, 0.25) is 5.91 Å². The van der Waals surface area contributed by atoms with Crippen LogP contribution in [0.1, 0.15) is 25.5 Å². The van der Waals surface area contributed by atoms with Gasteiger partial charge >= 0.3 is 6.01 Å². The summed E-state index contributed by atoms with van der Waals surface area (Å²) in [5, 5.41) is 0. The Morgan fingerprint density at radius 2 is 2.35 bits per heavy atom. The summed E-state index contributed by atoms with van der Waals surface area (Å²) in [7, 11) is 0. The molecule has 2 fully saturated rings. The molecule has 1 aromatic heterocycles. The fourth-order valence-corrected chi connectivity index (χ4v) is 3.04. The lowest BCUT2D eigenvalue weighted by atomic mass is 9.84. The molecule has 2 aliphatic heterocycles. The zero-order valence-corrected chi connectivity index (χ0v) is 13.7. The highest BCUT2D eigenvalue weighted by molar-refractivity contribution is 5.78. The molecule has 0 aromatic carbocycles. The van der Waals surface area contributed by atoms with E-state index in [2.05, 4.69) is 9.97 Å². The van der Waals surface area contributed by atoms with Gasteiger partial charge in [0.1, 0.15) is 18.3 Å². The maximum Gasteiger partial charge on any atom is 0.316 e. The highest BCUT2D eigenvalue weighted by Crippen LogP contribution is 2.35. The van der Waals surface area contributed by atoms with Gasteiger partial charge in [-0.25, -0.2) is 9.97 Å². The Labute approximate surface area is 136 Å². The van der Waals surface area contributed by atoms with Gasteiger partial charge in [-0.2, -0.15) is 0 Å². The highest BCUT2D eigenvalue weighted by atomic mass is 16.5. The van der Waals surface area contributed by atoms with Crippen molar-refractivity contribution in [2.45, 2.75) is 38.4 Å². The molecule has 0 N–H and O–H groups in total. The van der Waals surface area contributed by atoms with Gasteiger partial charge in [-0.05, 0) is 19.9 Å². The summed E-state index contributed by atoms with van der Waals surface area (Å²) in [6, 6.07) is 2.25. The van der Waals surface area contributed by atoms with E-state index < -0.39 is 0 Å². The third kappa shape index (κ3) is 3.79. The predicted octanol–water partition coefficient (Wildman–Crippen LogP) is 0.960. The number of nitrogens with zero attached hydrogens (tertiary/aromatic N) is 3. The van der Waals surface area contributed by atoms with Gasteiger partial charge in [-0.15, -0.1) is 0 Å². The number of aryl methyl sites for hydroxylation is 1. The minimum absolute atomic E-state index is 0.0196. The van der Waals surface area contributed by atoms with E-state index in [1.165, 1.54) is 0 Å². The Hall–Kier alpha value is -1.73. The number of rotatable bonds is 5. The first-order valence-electron chi connectivity index (χ1n) is 8.06. The molecule has 7 nitrogen and oxygen atoms in total. The molecule has 0 saturated carbocycles. The molecule has 0 radical (unpaired) electrons. The number of amides is 1. The number of ether oxygens (including phenoxy) is 3. The Bertz CT molecular complexity index is 560.